The Bertz CT molecular complexity index is 619. The van der Waals surface area contributed by atoms with E-state index in [1.54, 1.807) is 13.0 Å². The van der Waals surface area contributed by atoms with Crippen LogP contribution in [-0.4, -0.2) is 18.5 Å². The number of carbonyl (C=O) groups is 2. The van der Waals surface area contributed by atoms with E-state index in [0.29, 0.717) is 17.2 Å². The van der Waals surface area contributed by atoms with Crippen molar-refractivity contribution in [1.29, 1.82) is 0 Å². The van der Waals surface area contributed by atoms with E-state index in [1.807, 2.05) is 30.3 Å². The van der Waals surface area contributed by atoms with Gasteiger partial charge in [0.25, 0.3) is 0 Å². The van der Waals surface area contributed by atoms with Gasteiger partial charge < -0.3 is 10.1 Å². The maximum absolute atomic E-state index is 11.9. The number of nitrogens with one attached hydrogen (secondary N) is 1. The Morgan fingerprint density at radius 2 is 1.95 bits per heavy atom. The Morgan fingerprint density at radius 3 is 2.55 bits per heavy atom. The number of ether oxygens (including phenoxy) is 1. The maximum atomic E-state index is 11.9. The van der Waals surface area contributed by atoms with Crippen molar-refractivity contribution in [2.45, 2.75) is 13.8 Å². The summed E-state index contributed by atoms with van der Waals surface area (Å²) in [7, 11) is 0. The first-order valence-electron chi connectivity index (χ1n) is 6.25. The van der Waals surface area contributed by atoms with Gasteiger partial charge in [-0.2, -0.15) is 0 Å². The molecule has 1 aromatic carbocycles. The first-order valence-corrected chi connectivity index (χ1v) is 7.07. The Kier molecular flexibility index (Phi) is 4.53. The van der Waals surface area contributed by atoms with E-state index in [0.717, 1.165) is 10.4 Å². The lowest BCUT2D eigenvalue weighted by Gasteiger charge is -2.03. The summed E-state index contributed by atoms with van der Waals surface area (Å²) in [6.45, 7) is 3.46. The molecule has 104 valence electrons. The van der Waals surface area contributed by atoms with Crippen LogP contribution in [0.2, 0.25) is 0 Å². The van der Waals surface area contributed by atoms with Gasteiger partial charge in [0.2, 0.25) is 5.91 Å². The quantitative estimate of drug-likeness (QED) is 0.876. The van der Waals surface area contributed by atoms with Crippen molar-refractivity contribution in [2.75, 3.05) is 11.9 Å². The molecule has 2 rings (SSSR count). The van der Waals surface area contributed by atoms with Gasteiger partial charge in [-0.25, -0.2) is 4.79 Å². The fourth-order valence-corrected chi connectivity index (χ4v) is 2.85. The van der Waals surface area contributed by atoms with Crippen LogP contribution in [0.1, 0.15) is 24.2 Å². The molecule has 1 amide bonds. The zero-order valence-electron chi connectivity index (χ0n) is 11.3. The number of esters is 1. The summed E-state index contributed by atoms with van der Waals surface area (Å²) in [6.07, 6.45) is 0. The first-order chi connectivity index (χ1) is 9.61. The summed E-state index contributed by atoms with van der Waals surface area (Å²) < 4.78 is 5.02. The molecule has 0 aliphatic heterocycles. The van der Waals surface area contributed by atoms with Crippen molar-refractivity contribution < 1.29 is 14.3 Å². The number of thiophene rings is 1. The predicted molar refractivity (Wildman–Crippen MR) is 80.0 cm³/mol. The summed E-state index contributed by atoms with van der Waals surface area (Å²) in [6, 6.07) is 11.5. The van der Waals surface area contributed by atoms with E-state index >= 15 is 0 Å². The minimum absolute atomic E-state index is 0.211. The molecule has 2 aromatic rings. The lowest BCUT2D eigenvalue weighted by molar-refractivity contribution is -0.114. The molecule has 0 atom stereocenters. The Balaban J connectivity index is 2.41. The van der Waals surface area contributed by atoms with Crippen LogP contribution < -0.4 is 5.32 Å². The molecule has 1 heterocycles. The third-order valence-corrected chi connectivity index (χ3v) is 3.67. The first kappa shape index (κ1) is 14.3. The highest BCUT2D eigenvalue weighted by molar-refractivity contribution is 7.20. The topological polar surface area (TPSA) is 55.4 Å². The molecule has 1 aromatic heterocycles. The fourth-order valence-electron chi connectivity index (χ4n) is 1.75. The zero-order valence-corrected chi connectivity index (χ0v) is 12.1. The number of carbonyl (C=O) groups excluding carboxylic acids is 2. The van der Waals surface area contributed by atoms with Gasteiger partial charge >= 0.3 is 5.97 Å². The summed E-state index contributed by atoms with van der Waals surface area (Å²) >= 11 is 1.36. The van der Waals surface area contributed by atoms with E-state index in [-0.39, 0.29) is 5.91 Å². The smallest absolute Gasteiger partial charge is 0.341 e. The molecule has 0 fully saturated rings. The summed E-state index contributed by atoms with van der Waals surface area (Å²) in [5.41, 5.74) is 1.39. The molecule has 0 bridgehead atoms. The lowest BCUT2D eigenvalue weighted by Crippen LogP contribution is -2.10. The monoisotopic (exact) mass is 289 g/mol. The Hall–Kier alpha value is -2.14. The van der Waals surface area contributed by atoms with Crippen LogP contribution in [0.4, 0.5) is 5.00 Å². The second-order valence-corrected chi connectivity index (χ2v) is 5.17. The second-order valence-electron chi connectivity index (χ2n) is 4.12. The number of amides is 1. The van der Waals surface area contributed by atoms with E-state index in [9.17, 15) is 9.59 Å². The van der Waals surface area contributed by atoms with Crippen LogP contribution in [-0.2, 0) is 9.53 Å². The summed E-state index contributed by atoms with van der Waals surface area (Å²) in [5.74, 6) is -0.633. The van der Waals surface area contributed by atoms with E-state index in [1.165, 1.54) is 18.3 Å². The standard InChI is InChI=1S/C15H15NO3S/c1-3-19-15(18)12-9-13(11-7-5-4-6-8-11)20-14(12)16-10(2)17/h4-9H,3H2,1-2H3,(H,16,17). The maximum Gasteiger partial charge on any atom is 0.341 e. The average molecular weight is 289 g/mol. The van der Waals surface area contributed by atoms with E-state index in [4.69, 9.17) is 4.74 Å². The van der Waals surface area contributed by atoms with Crippen molar-refractivity contribution in [3.05, 3.63) is 42.0 Å². The summed E-state index contributed by atoms with van der Waals surface area (Å²) in [5, 5.41) is 3.20. The average Bonchev–Trinajstić information content (AvgIpc) is 2.83. The molecule has 0 radical (unpaired) electrons. The van der Waals surface area contributed by atoms with Crippen molar-refractivity contribution in [3.63, 3.8) is 0 Å². The van der Waals surface area contributed by atoms with E-state index in [2.05, 4.69) is 5.32 Å². The number of anilines is 1. The molecule has 4 nitrogen and oxygen atoms in total. The molecule has 0 saturated heterocycles. The third kappa shape index (κ3) is 3.24. The number of rotatable bonds is 4. The highest BCUT2D eigenvalue weighted by Gasteiger charge is 2.18. The highest BCUT2D eigenvalue weighted by atomic mass is 32.1. The number of hydrogen-bond donors (Lipinski definition) is 1. The molecule has 0 aliphatic rings. The molecule has 5 heteroatoms. The van der Waals surface area contributed by atoms with Crippen molar-refractivity contribution >= 4 is 28.2 Å². The van der Waals surface area contributed by atoms with Crippen LogP contribution in [0.5, 0.6) is 0 Å². The van der Waals surface area contributed by atoms with Gasteiger partial charge in [-0.3, -0.25) is 4.79 Å². The number of hydrogen-bond acceptors (Lipinski definition) is 4. The van der Waals surface area contributed by atoms with Gasteiger partial charge in [-0.05, 0) is 18.6 Å². The van der Waals surface area contributed by atoms with E-state index < -0.39 is 5.97 Å². The van der Waals surface area contributed by atoms with Crippen LogP contribution in [0, 0.1) is 0 Å². The normalized spacial score (nSPS) is 10.1. The molecule has 20 heavy (non-hydrogen) atoms. The van der Waals surface area contributed by atoms with Crippen LogP contribution in [0.3, 0.4) is 0 Å². The van der Waals surface area contributed by atoms with Gasteiger partial charge in [0.05, 0.1) is 12.2 Å². The summed E-state index contributed by atoms with van der Waals surface area (Å²) in [4.78, 5) is 24.1. The molecule has 0 spiro atoms. The van der Waals surface area contributed by atoms with Gasteiger partial charge in [0, 0.05) is 11.8 Å². The third-order valence-electron chi connectivity index (χ3n) is 2.58. The predicted octanol–water partition coefficient (Wildman–Crippen LogP) is 3.55. The zero-order chi connectivity index (χ0) is 14.5. The highest BCUT2D eigenvalue weighted by Crippen LogP contribution is 2.35. The molecular weight excluding hydrogens is 274 g/mol. The Labute approximate surface area is 121 Å². The SMILES string of the molecule is CCOC(=O)c1cc(-c2ccccc2)sc1NC(C)=O. The molecule has 0 unspecified atom stereocenters. The molecule has 1 N–H and O–H groups in total. The van der Waals surface area contributed by atoms with Crippen LogP contribution in [0.25, 0.3) is 10.4 Å². The lowest BCUT2D eigenvalue weighted by atomic mass is 10.1. The van der Waals surface area contributed by atoms with Gasteiger partial charge in [-0.15, -0.1) is 11.3 Å². The van der Waals surface area contributed by atoms with Crippen molar-refractivity contribution in [3.8, 4) is 10.4 Å². The van der Waals surface area contributed by atoms with Crippen molar-refractivity contribution in [2.24, 2.45) is 0 Å². The van der Waals surface area contributed by atoms with Gasteiger partial charge in [0.1, 0.15) is 5.00 Å². The molecular formula is C15H15NO3S. The van der Waals surface area contributed by atoms with Crippen LogP contribution in [0.15, 0.2) is 36.4 Å². The largest absolute Gasteiger partial charge is 0.462 e. The minimum Gasteiger partial charge on any atom is -0.462 e. The fraction of sp³-hybridized carbons (Fsp3) is 0.200. The minimum atomic E-state index is -0.422. The van der Waals surface area contributed by atoms with Gasteiger partial charge in [-0.1, -0.05) is 30.3 Å². The number of benzene rings is 1. The van der Waals surface area contributed by atoms with Crippen LogP contribution >= 0.6 is 11.3 Å². The second kappa shape index (κ2) is 6.34. The van der Waals surface area contributed by atoms with Gasteiger partial charge in [0.15, 0.2) is 0 Å². The Morgan fingerprint density at radius 1 is 1.25 bits per heavy atom. The van der Waals surface area contributed by atoms with Crippen molar-refractivity contribution in [1.82, 2.24) is 0 Å². The molecule has 0 saturated carbocycles. The molecule has 0 aliphatic carbocycles.